The third-order valence-corrected chi connectivity index (χ3v) is 2.25. The Morgan fingerprint density at radius 1 is 1.50 bits per heavy atom. The Morgan fingerprint density at radius 3 is 2.42 bits per heavy atom. The molecule has 0 aliphatic rings. The molecule has 72 valence electrons. The lowest BCUT2D eigenvalue weighted by Crippen LogP contribution is -2.37. The molecule has 3 N–H and O–H groups in total. The van der Waals surface area contributed by atoms with Crippen LogP contribution in [0.2, 0.25) is 0 Å². The van der Waals surface area contributed by atoms with Crippen molar-refractivity contribution in [1.82, 2.24) is 0 Å². The minimum absolute atomic E-state index is 0.141. The summed E-state index contributed by atoms with van der Waals surface area (Å²) in [4.78, 5) is 10.5. The highest BCUT2D eigenvalue weighted by atomic mass is 16.4. The van der Waals surface area contributed by atoms with Crippen LogP contribution in [0, 0.1) is 5.92 Å². The van der Waals surface area contributed by atoms with E-state index in [1.807, 2.05) is 6.92 Å². The van der Waals surface area contributed by atoms with Crippen molar-refractivity contribution < 1.29 is 9.90 Å². The predicted octanol–water partition coefficient (Wildman–Crippen LogP) is 1.61. The fourth-order valence-electron chi connectivity index (χ4n) is 1.31. The van der Waals surface area contributed by atoms with E-state index in [4.69, 9.17) is 10.8 Å². The molecule has 12 heavy (non-hydrogen) atoms. The van der Waals surface area contributed by atoms with E-state index in [1.54, 1.807) is 0 Å². The first-order chi connectivity index (χ1) is 5.63. The minimum atomic E-state index is -0.877. The summed E-state index contributed by atoms with van der Waals surface area (Å²) in [5.74, 6) is -0.736. The molecule has 0 aromatic heterocycles. The van der Waals surface area contributed by atoms with Gasteiger partial charge < -0.3 is 10.8 Å². The Kier molecular flexibility index (Phi) is 5.72. The maximum Gasteiger partial charge on any atom is 0.320 e. The summed E-state index contributed by atoms with van der Waals surface area (Å²) in [5.41, 5.74) is 5.51. The Bertz CT molecular complexity index is 136. The minimum Gasteiger partial charge on any atom is -0.480 e. The topological polar surface area (TPSA) is 63.3 Å². The van der Waals surface area contributed by atoms with E-state index in [0.29, 0.717) is 0 Å². The lowest BCUT2D eigenvalue weighted by atomic mass is 9.92. The van der Waals surface area contributed by atoms with Crippen molar-refractivity contribution in [3.8, 4) is 0 Å². The zero-order valence-electron chi connectivity index (χ0n) is 7.92. The third kappa shape index (κ3) is 3.72. The molecule has 0 heterocycles. The molecule has 3 heteroatoms. The molecule has 0 aliphatic heterocycles. The fraction of sp³-hybridized carbons (Fsp3) is 0.889. The normalized spacial score (nSPS) is 15.6. The lowest BCUT2D eigenvalue weighted by molar-refractivity contribution is -0.140. The molecule has 0 spiro atoms. The molecule has 0 aromatic carbocycles. The zero-order chi connectivity index (χ0) is 9.56. The summed E-state index contributed by atoms with van der Waals surface area (Å²) in [5, 5.41) is 8.66. The van der Waals surface area contributed by atoms with Gasteiger partial charge >= 0.3 is 5.97 Å². The number of unbranched alkanes of at least 4 members (excludes halogenated alkanes) is 1. The molecule has 0 unspecified atom stereocenters. The van der Waals surface area contributed by atoms with E-state index in [2.05, 4.69) is 6.92 Å². The van der Waals surface area contributed by atoms with Gasteiger partial charge in [-0.15, -0.1) is 0 Å². The Hall–Kier alpha value is -0.570. The third-order valence-electron chi connectivity index (χ3n) is 2.25. The largest absolute Gasteiger partial charge is 0.480 e. The van der Waals surface area contributed by atoms with E-state index in [0.717, 1.165) is 25.7 Å². The second kappa shape index (κ2) is 6.00. The van der Waals surface area contributed by atoms with Crippen molar-refractivity contribution >= 4 is 5.97 Å². The molecule has 0 saturated heterocycles. The van der Waals surface area contributed by atoms with Gasteiger partial charge in [-0.05, 0) is 12.3 Å². The van der Waals surface area contributed by atoms with Gasteiger partial charge in [0, 0.05) is 0 Å². The second-order valence-electron chi connectivity index (χ2n) is 3.17. The average molecular weight is 173 g/mol. The summed E-state index contributed by atoms with van der Waals surface area (Å²) in [6.45, 7) is 4.09. The van der Waals surface area contributed by atoms with Crippen LogP contribution in [0.15, 0.2) is 0 Å². The highest BCUT2D eigenvalue weighted by Crippen LogP contribution is 2.15. The summed E-state index contributed by atoms with van der Waals surface area (Å²) in [7, 11) is 0. The average Bonchev–Trinajstić information content (AvgIpc) is 2.05. The van der Waals surface area contributed by atoms with E-state index in [9.17, 15) is 4.79 Å². The molecular formula is C9H19NO2. The first kappa shape index (κ1) is 11.4. The van der Waals surface area contributed by atoms with Gasteiger partial charge in [0.25, 0.3) is 0 Å². The summed E-state index contributed by atoms with van der Waals surface area (Å²) in [6.07, 6.45) is 3.95. The molecule has 0 aromatic rings. The summed E-state index contributed by atoms with van der Waals surface area (Å²) >= 11 is 0. The van der Waals surface area contributed by atoms with Crippen molar-refractivity contribution in [2.75, 3.05) is 0 Å². The second-order valence-corrected chi connectivity index (χ2v) is 3.17. The van der Waals surface area contributed by atoms with Crippen LogP contribution in [0.4, 0.5) is 0 Å². The monoisotopic (exact) mass is 173 g/mol. The molecule has 0 radical (unpaired) electrons. The van der Waals surface area contributed by atoms with Gasteiger partial charge in [0.15, 0.2) is 0 Å². The number of rotatable bonds is 6. The summed E-state index contributed by atoms with van der Waals surface area (Å²) < 4.78 is 0. The number of hydrogen-bond acceptors (Lipinski definition) is 2. The van der Waals surface area contributed by atoms with E-state index in [1.165, 1.54) is 0 Å². The van der Waals surface area contributed by atoms with Gasteiger partial charge in [-0.2, -0.15) is 0 Å². The Balaban J connectivity index is 3.87. The molecule has 0 fully saturated rings. The van der Waals surface area contributed by atoms with Crippen LogP contribution in [0.25, 0.3) is 0 Å². The number of aliphatic carboxylic acids is 1. The highest BCUT2D eigenvalue weighted by molar-refractivity contribution is 5.73. The van der Waals surface area contributed by atoms with E-state index in [-0.39, 0.29) is 5.92 Å². The highest BCUT2D eigenvalue weighted by Gasteiger charge is 2.21. The van der Waals surface area contributed by atoms with Gasteiger partial charge in [-0.25, -0.2) is 0 Å². The first-order valence-corrected chi connectivity index (χ1v) is 4.61. The van der Waals surface area contributed by atoms with Crippen molar-refractivity contribution in [3.63, 3.8) is 0 Å². The van der Waals surface area contributed by atoms with Crippen molar-refractivity contribution in [3.05, 3.63) is 0 Å². The van der Waals surface area contributed by atoms with E-state index < -0.39 is 12.0 Å². The number of carboxylic acids is 1. The van der Waals surface area contributed by atoms with Gasteiger partial charge in [-0.3, -0.25) is 4.79 Å². The Labute approximate surface area is 74.0 Å². The number of carboxylic acid groups (broad SMARTS) is 1. The van der Waals surface area contributed by atoms with Crippen LogP contribution < -0.4 is 5.73 Å². The van der Waals surface area contributed by atoms with Gasteiger partial charge in [0.2, 0.25) is 0 Å². The molecule has 0 bridgehead atoms. The van der Waals surface area contributed by atoms with Gasteiger partial charge in [-0.1, -0.05) is 33.1 Å². The summed E-state index contributed by atoms with van der Waals surface area (Å²) in [6, 6.07) is -0.679. The van der Waals surface area contributed by atoms with Crippen molar-refractivity contribution in [2.45, 2.75) is 45.6 Å². The van der Waals surface area contributed by atoms with Gasteiger partial charge in [0.05, 0.1) is 0 Å². The quantitative estimate of drug-likeness (QED) is 0.641. The van der Waals surface area contributed by atoms with Gasteiger partial charge in [0.1, 0.15) is 6.04 Å². The van der Waals surface area contributed by atoms with Crippen LogP contribution in [0.5, 0.6) is 0 Å². The van der Waals surface area contributed by atoms with Crippen LogP contribution in [0.1, 0.15) is 39.5 Å². The zero-order valence-corrected chi connectivity index (χ0v) is 7.92. The molecule has 0 saturated carbocycles. The maximum atomic E-state index is 10.5. The first-order valence-electron chi connectivity index (χ1n) is 4.61. The number of nitrogens with two attached hydrogens (primary N) is 1. The number of carbonyl (C=O) groups is 1. The molecule has 3 nitrogen and oxygen atoms in total. The smallest absolute Gasteiger partial charge is 0.320 e. The molecule has 2 atom stereocenters. The lowest BCUT2D eigenvalue weighted by Gasteiger charge is -2.18. The van der Waals surface area contributed by atoms with Crippen LogP contribution in [-0.2, 0) is 4.79 Å². The van der Waals surface area contributed by atoms with Crippen LogP contribution in [0.3, 0.4) is 0 Å². The van der Waals surface area contributed by atoms with Crippen LogP contribution in [-0.4, -0.2) is 17.1 Å². The molecule has 0 amide bonds. The predicted molar refractivity (Wildman–Crippen MR) is 48.9 cm³/mol. The molecule has 0 aliphatic carbocycles. The standard InChI is InChI=1S/C9H19NO2/c1-3-5-6-7(4-2)8(10)9(11)12/h7-8H,3-6,10H2,1-2H3,(H,11,12)/t7-,8+/m0/s1. The number of hydrogen-bond donors (Lipinski definition) is 2. The Morgan fingerprint density at radius 2 is 2.08 bits per heavy atom. The van der Waals surface area contributed by atoms with Crippen LogP contribution >= 0.6 is 0 Å². The van der Waals surface area contributed by atoms with Crippen molar-refractivity contribution in [2.24, 2.45) is 11.7 Å². The molecule has 0 rings (SSSR count). The maximum absolute atomic E-state index is 10.5. The fourth-order valence-corrected chi connectivity index (χ4v) is 1.31. The molecular weight excluding hydrogens is 154 g/mol. The van der Waals surface area contributed by atoms with E-state index >= 15 is 0 Å². The van der Waals surface area contributed by atoms with Crippen molar-refractivity contribution in [1.29, 1.82) is 0 Å². The SMILES string of the molecule is CCCC[C@H](CC)[C@@H](N)C(=O)O.